The number of para-hydroxylation sites is 2. The van der Waals surface area contributed by atoms with Crippen LogP contribution in [0.15, 0.2) is 35.1 Å². The number of benzene rings is 1. The topological polar surface area (TPSA) is 133 Å². The lowest BCUT2D eigenvalue weighted by molar-refractivity contribution is -0.384. The molecule has 2 unspecified atom stereocenters. The van der Waals surface area contributed by atoms with Gasteiger partial charge in [0.05, 0.1) is 4.92 Å². The molecule has 1 aromatic carbocycles. The Kier molecular flexibility index (Phi) is 5.31. The number of carbonyl (C=O) groups excluding carboxylic acids is 1. The molecule has 142 valence electrons. The molecular formula is C18H21N5O4. The van der Waals surface area contributed by atoms with Crippen LogP contribution >= 0.6 is 0 Å². The number of amides is 1. The van der Waals surface area contributed by atoms with Crippen molar-refractivity contribution in [3.05, 3.63) is 62.1 Å². The normalized spacial score (nSPS) is 19.0. The number of rotatable bonds is 5. The van der Waals surface area contributed by atoms with Gasteiger partial charge in [0, 0.05) is 23.9 Å². The van der Waals surface area contributed by atoms with Crippen LogP contribution in [0.5, 0.6) is 0 Å². The first-order valence-corrected chi connectivity index (χ1v) is 8.78. The molecule has 3 rings (SSSR count). The van der Waals surface area contributed by atoms with E-state index in [4.69, 9.17) is 5.73 Å². The second kappa shape index (κ2) is 7.67. The second-order valence-corrected chi connectivity index (χ2v) is 6.66. The number of aromatic nitrogens is 2. The third kappa shape index (κ3) is 3.72. The third-order valence-corrected chi connectivity index (χ3v) is 4.91. The van der Waals surface area contributed by atoms with E-state index in [0.717, 1.165) is 19.3 Å². The van der Waals surface area contributed by atoms with E-state index in [1.54, 1.807) is 19.1 Å². The SMILES string of the molecule is Cc1cc(=O)c(C(=O)NC2CCCC2CN)nn1-c1ccccc1[N+](=O)[O-]. The molecule has 1 amide bonds. The zero-order valence-corrected chi connectivity index (χ0v) is 14.9. The van der Waals surface area contributed by atoms with E-state index in [1.165, 1.54) is 22.9 Å². The Bertz CT molecular complexity index is 940. The lowest BCUT2D eigenvalue weighted by Crippen LogP contribution is -2.42. The van der Waals surface area contributed by atoms with Crippen LogP contribution in [-0.2, 0) is 0 Å². The number of nitro benzene ring substituents is 1. The Morgan fingerprint density at radius 1 is 1.41 bits per heavy atom. The highest BCUT2D eigenvalue weighted by Crippen LogP contribution is 2.25. The number of nitrogens with zero attached hydrogens (tertiary/aromatic N) is 3. The van der Waals surface area contributed by atoms with Crippen molar-refractivity contribution in [1.29, 1.82) is 0 Å². The molecule has 1 aliphatic carbocycles. The van der Waals surface area contributed by atoms with Gasteiger partial charge in [-0.1, -0.05) is 18.6 Å². The molecule has 0 aliphatic heterocycles. The van der Waals surface area contributed by atoms with Gasteiger partial charge in [0.1, 0.15) is 5.69 Å². The summed E-state index contributed by atoms with van der Waals surface area (Å²) < 4.78 is 1.25. The van der Waals surface area contributed by atoms with E-state index in [-0.39, 0.29) is 29.0 Å². The van der Waals surface area contributed by atoms with Gasteiger partial charge in [-0.05, 0) is 38.3 Å². The fraction of sp³-hybridized carbons (Fsp3) is 0.389. The number of nitrogens with one attached hydrogen (secondary N) is 1. The summed E-state index contributed by atoms with van der Waals surface area (Å²) in [6, 6.07) is 7.20. The number of aryl methyl sites for hydroxylation is 1. The largest absolute Gasteiger partial charge is 0.347 e. The summed E-state index contributed by atoms with van der Waals surface area (Å²) in [6.07, 6.45) is 2.70. The van der Waals surface area contributed by atoms with Crippen molar-refractivity contribution in [2.45, 2.75) is 32.2 Å². The summed E-state index contributed by atoms with van der Waals surface area (Å²) in [5, 5.41) is 18.3. The molecule has 1 aliphatic rings. The van der Waals surface area contributed by atoms with Gasteiger partial charge in [0.2, 0.25) is 5.43 Å². The van der Waals surface area contributed by atoms with Crippen LogP contribution in [-0.4, -0.2) is 33.2 Å². The summed E-state index contributed by atoms with van der Waals surface area (Å²) in [6.45, 7) is 2.07. The molecule has 1 heterocycles. The van der Waals surface area contributed by atoms with Crippen molar-refractivity contribution in [3.8, 4) is 5.69 Å². The van der Waals surface area contributed by atoms with Crippen LogP contribution in [0, 0.1) is 23.0 Å². The lowest BCUT2D eigenvalue weighted by atomic mass is 10.0. The lowest BCUT2D eigenvalue weighted by Gasteiger charge is -2.19. The molecule has 1 fully saturated rings. The summed E-state index contributed by atoms with van der Waals surface area (Å²) in [5.74, 6) is -0.408. The first kappa shape index (κ1) is 18.7. The fourth-order valence-electron chi connectivity index (χ4n) is 3.49. The minimum absolute atomic E-state index is 0.0930. The number of nitrogens with two attached hydrogens (primary N) is 1. The van der Waals surface area contributed by atoms with Gasteiger partial charge in [0.25, 0.3) is 11.6 Å². The average Bonchev–Trinajstić information content (AvgIpc) is 3.08. The Balaban J connectivity index is 1.99. The smallest absolute Gasteiger partial charge is 0.294 e. The molecule has 0 saturated heterocycles. The molecule has 2 aromatic rings. The summed E-state index contributed by atoms with van der Waals surface area (Å²) in [5.41, 5.74) is 5.34. The van der Waals surface area contributed by atoms with Crippen LogP contribution < -0.4 is 16.5 Å². The van der Waals surface area contributed by atoms with Gasteiger partial charge < -0.3 is 11.1 Å². The van der Waals surface area contributed by atoms with Crippen molar-refractivity contribution in [2.24, 2.45) is 11.7 Å². The van der Waals surface area contributed by atoms with E-state index in [2.05, 4.69) is 10.4 Å². The number of nitro groups is 1. The molecule has 0 radical (unpaired) electrons. The molecule has 27 heavy (non-hydrogen) atoms. The Hall–Kier alpha value is -3.07. The van der Waals surface area contributed by atoms with E-state index < -0.39 is 16.3 Å². The van der Waals surface area contributed by atoms with Crippen molar-refractivity contribution < 1.29 is 9.72 Å². The Morgan fingerprint density at radius 2 is 2.15 bits per heavy atom. The Morgan fingerprint density at radius 3 is 2.85 bits per heavy atom. The predicted molar refractivity (Wildman–Crippen MR) is 98.9 cm³/mol. The van der Waals surface area contributed by atoms with Gasteiger partial charge >= 0.3 is 0 Å². The maximum absolute atomic E-state index is 12.6. The standard InChI is InChI=1S/C18H21N5O4/c1-11-9-16(24)17(18(25)20-13-6-4-5-12(13)10-19)21-22(11)14-7-2-3-8-15(14)23(26)27/h2-3,7-9,12-13H,4-6,10,19H2,1H3,(H,20,25). The van der Waals surface area contributed by atoms with Crippen molar-refractivity contribution >= 4 is 11.6 Å². The van der Waals surface area contributed by atoms with Gasteiger partial charge in [0.15, 0.2) is 5.69 Å². The van der Waals surface area contributed by atoms with Crippen molar-refractivity contribution in [2.75, 3.05) is 6.54 Å². The molecule has 2 atom stereocenters. The number of carbonyl (C=O) groups is 1. The van der Waals surface area contributed by atoms with E-state index >= 15 is 0 Å². The first-order chi connectivity index (χ1) is 12.9. The predicted octanol–water partition coefficient (Wildman–Crippen LogP) is 1.31. The minimum Gasteiger partial charge on any atom is -0.347 e. The maximum Gasteiger partial charge on any atom is 0.294 e. The highest BCUT2D eigenvalue weighted by Gasteiger charge is 2.29. The van der Waals surface area contributed by atoms with Crippen molar-refractivity contribution in [1.82, 2.24) is 15.1 Å². The van der Waals surface area contributed by atoms with Crippen LogP contribution in [0.1, 0.15) is 35.4 Å². The quantitative estimate of drug-likeness (QED) is 0.601. The second-order valence-electron chi connectivity index (χ2n) is 6.66. The van der Waals surface area contributed by atoms with Crippen LogP contribution in [0.4, 0.5) is 5.69 Å². The minimum atomic E-state index is -0.585. The monoisotopic (exact) mass is 371 g/mol. The van der Waals surface area contributed by atoms with Crippen molar-refractivity contribution in [3.63, 3.8) is 0 Å². The molecule has 1 aromatic heterocycles. The average molecular weight is 371 g/mol. The van der Waals surface area contributed by atoms with Crippen LogP contribution in [0.3, 0.4) is 0 Å². The van der Waals surface area contributed by atoms with Gasteiger partial charge in [-0.15, -0.1) is 0 Å². The van der Waals surface area contributed by atoms with Gasteiger partial charge in [-0.2, -0.15) is 5.10 Å². The van der Waals surface area contributed by atoms with Crippen LogP contribution in [0.2, 0.25) is 0 Å². The number of hydrogen-bond acceptors (Lipinski definition) is 6. The van der Waals surface area contributed by atoms with Gasteiger partial charge in [-0.25, -0.2) is 4.68 Å². The van der Waals surface area contributed by atoms with Crippen LogP contribution in [0.25, 0.3) is 5.69 Å². The molecular weight excluding hydrogens is 350 g/mol. The molecule has 0 bridgehead atoms. The molecule has 0 spiro atoms. The molecule has 9 nitrogen and oxygen atoms in total. The van der Waals surface area contributed by atoms with Gasteiger partial charge in [-0.3, -0.25) is 19.7 Å². The first-order valence-electron chi connectivity index (χ1n) is 8.78. The fourth-order valence-corrected chi connectivity index (χ4v) is 3.49. The zero-order chi connectivity index (χ0) is 19.6. The number of hydrogen-bond donors (Lipinski definition) is 2. The Labute approximate surface area is 155 Å². The highest BCUT2D eigenvalue weighted by molar-refractivity contribution is 5.92. The summed E-state index contributed by atoms with van der Waals surface area (Å²) in [7, 11) is 0. The zero-order valence-electron chi connectivity index (χ0n) is 14.9. The summed E-state index contributed by atoms with van der Waals surface area (Å²) >= 11 is 0. The van der Waals surface area contributed by atoms with E-state index in [9.17, 15) is 19.7 Å². The third-order valence-electron chi connectivity index (χ3n) is 4.91. The summed E-state index contributed by atoms with van der Waals surface area (Å²) in [4.78, 5) is 35.7. The molecule has 1 saturated carbocycles. The van der Waals surface area contributed by atoms with E-state index in [0.29, 0.717) is 12.2 Å². The molecule has 3 N–H and O–H groups in total. The molecule has 9 heteroatoms. The highest BCUT2D eigenvalue weighted by atomic mass is 16.6. The maximum atomic E-state index is 12.6. The van der Waals surface area contributed by atoms with E-state index in [1.807, 2.05) is 0 Å².